The van der Waals surface area contributed by atoms with E-state index in [1.54, 1.807) is 0 Å². The Kier molecular flexibility index (Phi) is 3.27. The van der Waals surface area contributed by atoms with Gasteiger partial charge >= 0.3 is 0 Å². The van der Waals surface area contributed by atoms with Gasteiger partial charge in [0, 0.05) is 12.1 Å². The molecular weight excluding hydrogens is 196 g/mol. The molecule has 0 amide bonds. The fourth-order valence-corrected chi connectivity index (χ4v) is 2.23. The zero-order chi connectivity index (χ0) is 10.7. The summed E-state index contributed by atoms with van der Waals surface area (Å²) in [6.45, 7) is 2.96. The Bertz CT molecular complexity index is 229. The second kappa shape index (κ2) is 4.50. The molecule has 1 spiro atoms. The lowest BCUT2D eigenvalue weighted by Gasteiger charge is -2.34. The summed E-state index contributed by atoms with van der Waals surface area (Å²) in [6, 6.07) is 0. The summed E-state index contributed by atoms with van der Waals surface area (Å²) in [7, 11) is 0. The molecule has 2 aliphatic rings. The molecule has 2 rings (SSSR count). The Balaban J connectivity index is 1.85. The Morgan fingerprint density at radius 2 is 2.20 bits per heavy atom. The first-order chi connectivity index (χ1) is 7.24. The van der Waals surface area contributed by atoms with Crippen molar-refractivity contribution in [3.05, 3.63) is 4.91 Å². The lowest BCUT2D eigenvalue weighted by Crippen LogP contribution is -2.57. The molecule has 0 aromatic rings. The number of nitrogens with zero attached hydrogens (tertiary/aromatic N) is 1. The quantitative estimate of drug-likeness (QED) is 0.280. The zero-order valence-corrected chi connectivity index (χ0v) is 8.62. The van der Waals surface area contributed by atoms with E-state index >= 15 is 0 Å². The van der Waals surface area contributed by atoms with E-state index in [0.717, 1.165) is 32.5 Å². The van der Waals surface area contributed by atoms with Crippen LogP contribution in [-0.4, -0.2) is 37.8 Å². The molecule has 0 bridgehead atoms. The molecule has 2 saturated heterocycles. The van der Waals surface area contributed by atoms with Crippen molar-refractivity contribution < 1.29 is 0 Å². The summed E-state index contributed by atoms with van der Waals surface area (Å²) in [5.74, 6) is 0. The van der Waals surface area contributed by atoms with Crippen LogP contribution < -0.4 is 27.0 Å². The van der Waals surface area contributed by atoms with E-state index in [-0.39, 0.29) is 11.8 Å². The van der Waals surface area contributed by atoms with Crippen LogP contribution in [0.15, 0.2) is 5.18 Å². The van der Waals surface area contributed by atoms with Crippen LogP contribution in [0.4, 0.5) is 0 Å². The maximum atomic E-state index is 10.2. The molecule has 2 unspecified atom stereocenters. The van der Waals surface area contributed by atoms with Crippen molar-refractivity contribution in [3.8, 4) is 0 Å². The number of nitrogens with two attached hydrogens (primary N) is 1. The summed E-state index contributed by atoms with van der Waals surface area (Å²) >= 11 is 0. The van der Waals surface area contributed by atoms with Gasteiger partial charge in [-0.05, 0) is 31.1 Å². The molecule has 7 nitrogen and oxygen atoms in total. The summed E-state index contributed by atoms with van der Waals surface area (Å²) in [4.78, 5) is 10.2. The third-order valence-electron chi connectivity index (χ3n) is 3.11. The largest absolute Gasteiger partial charge is 0.317 e. The van der Waals surface area contributed by atoms with Gasteiger partial charge in [-0.1, -0.05) is 0 Å². The van der Waals surface area contributed by atoms with Crippen molar-refractivity contribution in [2.45, 2.75) is 31.0 Å². The van der Waals surface area contributed by atoms with Crippen LogP contribution in [0.3, 0.4) is 0 Å². The van der Waals surface area contributed by atoms with Crippen LogP contribution in [0.1, 0.15) is 12.8 Å². The molecule has 7 heteroatoms. The van der Waals surface area contributed by atoms with Crippen molar-refractivity contribution >= 4 is 0 Å². The van der Waals surface area contributed by atoms with Crippen molar-refractivity contribution in [2.24, 2.45) is 10.9 Å². The van der Waals surface area contributed by atoms with Gasteiger partial charge in [-0.3, -0.25) is 21.7 Å². The fourth-order valence-electron chi connectivity index (χ4n) is 2.23. The molecule has 15 heavy (non-hydrogen) atoms. The lowest BCUT2D eigenvalue weighted by molar-refractivity contribution is 0.265. The first kappa shape index (κ1) is 10.9. The minimum absolute atomic E-state index is 0.115. The first-order valence-corrected chi connectivity index (χ1v) is 5.30. The van der Waals surface area contributed by atoms with Gasteiger partial charge < -0.3 is 5.32 Å². The van der Waals surface area contributed by atoms with E-state index < -0.39 is 6.29 Å². The molecule has 0 aromatic carbocycles. The van der Waals surface area contributed by atoms with Gasteiger partial charge in [0.05, 0.1) is 0 Å². The van der Waals surface area contributed by atoms with Crippen molar-refractivity contribution in [3.63, 3.8) is 0 Å². The molecule has 0 aliphatic carbocycles. The van der Waals surface area contributed by atoms with Gasteiger partial charge in [-0.25, -0.2) is 0 Å². The number of hydrogen-bond donors (Lipinski definition) is 5. The molecule has 6 N–H and O–H groups in total. The summed E-state index contributed by atoms with van der Waals surface area (Å²) in [6.07, 6.45) is 1.20. The topological polar surface area (TPSA) is 104 Å². The van der Waals surface area contributed by atoms with Crippen LogP contribution in [-0.2, 0) is 0 Å². The minimum Gasteiger partial charge on any atom is -0.317 e. The molecule has 2 aliphatic heterocycles. The third-order valence-corrected chi connectivity index (χ3v) is 3.11. The summed E-state index contributed by atoms with van der Waals surface area (Å²) in [5, 5.41) is 15.6. The monoisotopic (exact) mass is 214 g/mol. The number of nitrogens with one attached hydrogen (secondary N) is 4. The zero-order valence-electron chi connectivity index (χ0n) is 8.62. The van der Waals surface area contributed by atoms with E-state index in [1.165, 1.54) is 0 Å². The highest BCUT2D eigenvalue weighted by molar-refractivity contribution is 5.00. The van der Waals surface area contributed by atoms with Gasteiger partial charge in [0.25, 0.3) is 0 Å². The molecule has 0 aromatic heterocycles. The predicted octanol–water partition coefficient (Wildman–Crippen LogP) is -1.82. The molecule has 2 fully saturated rings. The van der Waals surface area contributed by atoms with Crippen LogP contribution in [0.25, 0.3) is 0 Å². The van der Waals surface area contributed by atoms with Gasteiger partial charge in [0.15, 0.2) is 6.29 Å². The molecular formula is C8H18N6O. The van der Waals surface area contributed by atoms with E-state index in [2.05, 4.69) is 26.4 Å². The number of hydrogen-bond acceptors (Lipinski definition) is 7. The highest BCUT2D eigenvalue weighted by Crippen LogP contribution is 2.21. The molecule has 2 heterocycles. The Morgan fingerprint density at radius 3 is 2.87 bits per heavy atom. The molecule has 2 atom stereocenters. The van der Waals surface area contributed by atoms with Gasteiger partial charge in [-0.2, -0.15) is 0 Å². The van der Waals surface area contributed by atoms with E-state index in [1.807, 2.05) is 0 Å². The Labute approximate surface area is 88.5 Å². The van der Waals surface area contributed by atoms with Crippen molar-refractivity contribution in [1.29, 1.82) is 0 Å². The highest BCUT2D eigenvalue weighted by atomic mass is 16.3. The lowest BCUT2D eigenvalue weighted by atomic mass is 9.90. The van der Waals surface area contributed by atoms with E-state index in [9.17, 15) is 4.91 Å². The van der Waals surface area contributed by atoms with Crippen molar-refractivity contribution in [2.75, 3.05) is 19.6 Å². The van der Waals surface area contributed by atoms with E-state index in [0.29, 0.717) is 0 Å². The smallest absolute Gasteiger partial charge is 0.195 e. The second-order valence-electron chi connectivity index (χ2n) is 4.21. The van der Waals surface area contributed by atoms with E-state index in [4.69, 9.17) is 5.73 Å². The van der Waals surface area contributed by atoms with Gasteiger partial charge in [0.2, 0.25) is 0 Å². The van der Waals surface area contributed by atoms with Gasteiger partial charge in [0.1, 0.15) is 6.29 Å². The highest BCUT2D eigenvalue weighted by Gasteiger charge is 2.39. The van der Waals surface area contributed by atoms with Crippen LogP contribution in [0.2, 0.25) is 0 Å². The number of rotatable bonds is 3. The minimum atomic E-state index is -0.855. The maximum Gasteiger partial charge on any atom is 0.195 e. The standard InChI is InChI=1S/C8H18N6O/c9-6(14-15)12-7-11-5-8(13-7)1-3-10-4-2-8/h6-7,10-13H,1-5,9H2. The normalized spacial score (nSPS) is 31.7. The van der Waals surface area contributed by atoms with Crippen LogP contribution >= 0.6 is 0 Å². The van der Waals surface area contributed by atoms with Crippen LogP contribution in [0.5, 0.6) is 0 Å². The first-order valence-electron chi connectivity index (χ1n) is 5.30. The Hall–Kier alpha value is -0.600. The Morgan fingerprint density at radius 1 is 1.47 bits per heavy atom. The molecule has 0 radical (unpaired) electrons. The van der Waals surface area contributed by atoms with Crippen molar-refractivity contribution in [1.82, 2.24) is 21.3 Å². The number of piperidine rings is 1. The third kappa shape index (κ3) is 2.50. The molecule has 0 saturated carbocycles. The average Bonchev–Trinajstić information content (AvgIpc) is 2.62. The predicted molar refractivity (Wildman–Crippen MR) is 56.7 cm³/mol. The second-order valence-corrected chi connectivity index (χ2v) is 4.21. The molecule has 86 valence electrons. The summed E-state index contributed by atoms with van der Waals surface area (Å²) < 4.78 is 0. The number of nitroso groups, excluding NO2 is 1. The van der Waals surface area contributed by atoms with Crippen LogP contribution in [0, 0.1) is 4.91 Å². The fraction of sp³-hybridized carbons (Fsp3) is 1.00. The summed E-state index contributed by atoms with van der Waals surface area (Å²) in [5.41, 5.74) is 5.53. The SMILES string of the molecule is NC(N=O)NC1NCC2(CCNCC2)N1. The van der Waals surface area contributed by atoms with Gasteiger partial charge in [-0.15, -0.1) is 4.91 Å². The average molecular weight is 214 g/mol. The maximum absolute atomic E-state index is 10.2.